The van der Waals surface area contributed by atoms with E-state index in [-0.39, 0.29) is 5.91 Å². The van der Waals surface area contributed by atoms with Gasteiger partial charge in [0.15, 0.2) is 0 Å². The highest BCUT2D eigenvalue weighted by Crippen LogP contribution is 2.30. The number of thiophene rings is 1. The van der Waals surface area contributed by atoms with Crippen molar-refractivity contribution in [1.82, 2.24) is 9.88 Å². The molecule has 2 aromatic rings. The summed E-state index contributed by atoms with van der Waals surface area (Å²) in [6.07, 6.45) is 4.05. The van der Waals surface area contributed by atoms with Crippen molar-refractivity contribution < 1.29 is 4.79 Å². The molecule has 0 spiro atoms. The predicted molar refractivity (Wildman–Crippen MR) is 69.3 cm³/mol. The summed E-state index contributed by atoms with van der Waals surface area (Å²) in [5.74, 6) is 0.151. The minimum absolute atomic E-state index is 0.151. The second kappa shape index (κ2) is 4.58. The van der Waals surface area contributed by atoms with Crippen LogP contribution in [0.15, 0.2) is 29.1 Å². The van der Waals surface area contributed by atoms with Gasteiger partial charge in [-0.25, -0.2) is 4.98 Å². The Hall–Kier alpha value is -1.20. The van der Waals surface area contributed by atoms with Crippen LogP contribution in [0.5, 0.6) is 0 Å². The molecule has 5 heteroatoms. The molecule has 3 rings (SSSR count). The van der Waals surface area contributed by atoms with Gasteiger partial charge in [0.2, 0.25) is 0 Å². The van der Waals surface area contributed by atoms with Crippen LogP contribution in [0.25, 0.3) is 0 Å². The van der Waals surface area contributed by atoms with Crippen molar-refractivity contribution in [3.05, 3.63) is 39.0 Å². The van der Waals surface area contributed by atoms with Crippen LogP contribution in [0, 0.1) is 0 Å². The number of hydrogen-bond acceptors (Lipinski definition) is 4. The van der Waals surface area contributed by atoms with Crippen molar-refractivity contribution in [2.24, 2.45) is 0 Å². The van der Waals surface area contributed by atoms with E-state index in [1.165, 1.54) is 11.3 Å². The molecule has 17 heavy (non-hydrogen) atoms. The monoisotopic (exact) mass is 264 g/mol. The molecule has 1 saturated carbocycles. The van der Waals surface area contributed by atoms with Crippen LogP contribution in [0.4, 0.5) is 0 Å². The molecule has 0 saturated heterocycles. The Morgan fingerprint density at radius 2 is 2.29 bits per heavy atom. The van der Waals surface area contributed by atoms with Crippen molar-refractivity contribution >= 4 is 28.6 Å². The minimum Gasteiger partial charge on any atom is -0.328 e. The van der Waals surface area contributed by atoms with Crippen molar-refractivity contribution in [2.45, 2.75) is 25.4 Å². The van der Waals surface area contributed by atoms with E-state index in [0.717, 1.165) is 22.7 Å². The second-order valence-electron chi connectivity index (χ2n) is 4.07. The van der Waals surface area contributed by atoms with Gasteiger partial charge in [-0.1, -0.05) is 6.07 Å². The van der Waals surface area contributed by atoms with Crippen molar-refractivity contribution in [2.75, 3.05) is 0 Å². The zero-order valence-electron chi connectivity index (χ0n) is 9.20. The Morgan fingerprint density at radius 3 is 2.88 bits per heavy atom. The van der Waals surface area contributed by atoms with Crippen LogP contribution in [0.1, 0.15) is 27.5 Å². The van der Waals surface area contributed by atoms with Gasteiger partial charge < -0.3 is 4.90 Å². The molecule has 1 amide bonds. The summed E-state index contributed by atoms with van der Waals surface area (Å²) in [4.78, 5) is 19.4. The van der Waals surface area contributed by atoms with Gasteiger partial charge in [0, 0.05) is 17.6 Å². The Kier molecular flexibility index (Phi) is 2.94. The van der Waals surface area contributed by atoms with E-state index < -0.39 is 0 Å². The van der Waals surface area contributed by atoms with E-state index in [2.05, 4.69) is 4.98 Å². The second-order valence-corrected chi connectivity index (χ2v) is 5.99. The lowest BCUT2D eigenvalue weighted by Crippen LogP contribution is -2.31. The molecule has 1 aliphatic rings. The van der Waals surface area contributed by atoms with Crippen LogP contribution in [-0.2, 0) is 6.54 Å². The van der Waals surface area contributed by atoms with Gasteiger partial charge in [0.25, 0.3) is 5.91 Å². The summed E-state index contributed by atoms with van der Waals surface area (Å²) in [6, 6.07) is 4.24. The summed E-state index contributed by atoms with van der Waals surface area (Å²) in [7, 11) is 0. The molecule has 88 valence electrons. The van der Waals surface area contributed by atoms with E-state index in [4.69, 9.17) is 0 Å². The zero-order valence-corrected chi connectivity index (χ0v) is 10.8. The number of amides is 1. The van der Waals surface area contributed by atoms with Crippen LogP contribution in [0.2, 0.25) is 0 Å². The fourth-order valence-electron chi connectivity index (χ4n) is 1.77. The van der Waals surface area contributed by atoms with Crippen molar-refractivity contribution in [1.29, 1.82) is 0 Å². The first-order valence-corrected chi connectivity index (χ1v) is 7.33. The van der Waals surface area contributed by atoms with Crippen molar-refractivity contribution in [3.8, 4) is 0 Å². The SMILES string of the molecule is O=C(c1cccs1)N(Cc1nccs1)C1CC1. The smallest absolute Gasteiger partial charge is 0.264 e. The highest BCUT2D eigenvalue weighted by Gasteiger charge is 2.33. The quantitative estimate of drug-likeness (QED) is 0.850. The Morgan fingerprint density at radius 1 is 1.41 bits per heavy atom. The average Bonchev–Trinajstić information content (AvgIpc) is 2.86. The Labute approximate surface area is 108 Å². The summed E-state index contributed by atoms with van der Waals surface area (Å²) in [6.45, 7) is 0.652. The van der Waals surface area contributed by atoms with Crippen LogP contribution >= 0.6 is 22.7 Å². The van der Waals surface area contributed by atoms with Gasteiger partial charge in [0.1, 0.15) is 5.01 Å². The highest BCUT2D eigenvalue weighted by molar-refractivity contribution is 7.12. The van der Waals surface area contributed by atoms with E-state index in [1.807, 2.05) is 27.8 Å². The minimum atomic E-state index is 0.151. The van der Waals surface area contributed by atoms with Gasteiger partial charge in [-0.2, -0.15) is 0 Å². The lowest BCUT2D eigenvalue weighted by molar-refractivity contribution is 0.0735. The first-order valence-electron chi connectivity index (χ1n) is 5.57. The molecule has 2 aromatic heterocycles. The fraction of sp³-hybridized carbons (Fsp3) is 0.333. The largest absolute Gasteiger partial charge is 0.328 e. The molecular weight excluding hydrogens is 252 g/mol. The zero-order chi connectivity index (χ0) is 11.7. The topological polar surface area (TPSA) is 33.2 Å². The van der Waals surface area contributed by atoms with Gasteiger partial charge in [0.05, 0.1) is 11.4 Å². The van der Waals surface area contributed by atoms with Gasteiger partial charge in [-0.05, 0) is 24.3 Å². The lowest BCUT2D eigenvalue weighted by atomic mass is 10.3. The molecule has 0 N–H and O–H groups in total. The van der Waals surface area contributed by atoms with E-state index in [9.17, 15) is 4.79 Å². The van der Waals surface area contributed by atoms with Crippen LogP contribution < -0.4 is 0 Å². The molecule has 3 nitrogen and oxygen atoms in total. The molecule has 0 bridgehead atoms. The standard InChI is InChI=1S/C12H12N2OS2/c15-12(10-2-1-6-16-10)14(9-3-4-9)8-11-13-5-7-17-11/h1-2,5-7,9H,3-4,8H2. The number of aromatic nitrogens is 1. The van der Waals surface area contributed by atoms with Crippen molar-refractivity contribution in [3.63, 3.8) is 0 Å². The maximum absolute atomic E-state index is 12.3. The Balaban J connectivity index is 1.78. The number of rotatable bonds is 4. The first kappa shape index (κ1) is 10.9. The molecule has 1 aliphatic carbocycles. The third-order valence-electron chi connectivity index (χ3n) is 2.77. The van der Waals surface area contributed by atoms with E-state index >= 15 is 0 Å². The van der Waals surface area contributed by atoms with Gasteiger partial charge in [-0.3, -0.25) is 4.79 Å². The molecule has 0 radical (unpaired) electrons. The summed E-state index contributed by atoms with van der Waals surface area (Å²) in [5, 5.41) is 4.92. The first-order chi connectivity index (χ1) is 8.34. The fourth-order valence-corrected chi connectivity index (χ4v) is 3.06. The summed E-state index contributed by atoms with van der Waals surface area (Å²) in [5.41, 5.74) is 0. The number of hydrogen-bond donors (Lipinski definition) is 0. The molecule has 0 aliphatic heterocycles. The Bertz CT molecular complexity index is 489. The van der Waals surface area contributed by atoms with Gasteiger partial charge >= 0.3 is 0 Å². The lowest BCUT2D eigenvalue weighted by Gasteiger charge is -2.20. The molecule has 1 fully saturated rings. The highest BCUT2D eigenvalue weighted by atomic mass is 32.1. The third-order valence-corrected chi connectivity index (χ3v) is 4.39. The van der Waals surface area contributed by atoms with Crippen LogP contribution in [-0.4, -0.2) is 21.8 Å². The third kappa shape index (κ3) is 2.40. The van der Waals surface area contributed by atoms with E-state index in [1.54, 1.807) is 17.5 Å². The number of thiazole rings is 1. The molecule has 0 aromatic carbocycles. The summed E-state index contributed by atoms with van der Waals surface area (Å²) >= 11 is 3.12. The molecule has 0 unspecified atom stereocenters. The normalized spacial score (nSPS) is 14.8. The average molecular weight is 264 g/mol. The van der Waals surface area contributed by atoms with Gasteiger partial charge in [-0.15, -0.1) is 22.7 Å². The maximum Gasteiger partial charge on any atom is 0.264 e. The number of carbonyl (C=O) groups is 1. The van der Waals surface area contributed by atoms with E-state index in [0.29, 0.717) is 12.6 Å². The molecular formula is C12H12N2OS2. The number of nitrogens with zero attached hydrogens (tertiary/aromatic N) is 2. The number of carbonyl (C=O) groups excluding carboxylic acids is 1. The molecule has 2 heterocycles. The van der Waals surface area contributed by atoms with Crippen LogP contribution in [0.3, 0.4) is 0 Å². The predicted octanol–water partition coefficient (Wildman–Crippen LogP) is 3.01. The summed E-state index contributed by atoms with van der Waals surface area (Å²) < 4.78 is 0. The maximum atomic E-state index is 12.3. The molecule has 0 atom stereocenters.